The van der Waals surface area contributed by atoms with Crippen LogP contribution in [-0.2, 0) is 16.3 Å². The molecule has 1 saturated heterocycles. The van der Waals surface area contributed by atoms with Crippen molar-refractivity contribution >= 4 is 31.9 Å². The summed E-state index contributed by atoms with van der Waals surface area (Å²) in [5.74, 6) is 1.01. The highest BCUT2D eigenvalue weighted by Gasteiger charge is 2.35. The molecule has 30 heavy (non-hydrogen) atoms. The lowest BCUT2D eigenvalue weighted by molar-refractivity contribution is 0.190. The Hall–Kier alpha value is -2.44. The van der Waals surface area contributed by atoms with E-state index in [2.05, 4.69) is 25.5 Å². The molecule has 0 radical (unpaired) electrons. The standard InChI is InChI=1S/C21H26N6O2S/c22-8-1-10-26-11-5-15(6-12-26)27-19(7-13-30(28,29)16-2-3-16)25-18-14-24-21-17(20(18)27)4-9-23-21/h4,9,14-16H,1-3,5-7,10-13H2,(H,23,24). The van der Waals surface area contributed by atoms with Gasteiger partial charge in [-0.05, 0) is 31.7 Å². The van der Waals surface area contributed by atoms with E-state index in [0.717, 1.165) is 73.2 Å². The maximum absolute atomic E-state index is 12.5. The summed E-state index contributed by atoms with van der Waals surface area (Å²) in [6.45, 7) is 2.69. The number of likely N-dealkylation sites (tertiary alicyclic amines) is 1. The van der Waals surface area contributed by atoms with Crippen molar-refractivity contribution in [3.63, 3.8) is 0 Å². The van der Waals surface area contributed by atoms with Gasteiger partial charge < -0.3 is 14.5 Å². The average Bonchev–Trinajstić information content (AvgIpc) is 3.40. The molecule has 8 nitrogen and oxygen atoms in total. The highest BCUT2D eigenvalue weighted by Crippen LogP contribution is 2.34. The van der Waals surface area contributed by atoms with Gasteiger partial charge in [0.1, 0.15) is 17.0 Å². The summed E-state index contributed by atoms with van der Waals surface area (Å²) in [5, 5.41) is 9.74. The molecule has 1 saturated carbocycles. The number of nitriles is 1. The van der Waals surface area contributed by atoms with Gasteiger partial charge in [0.15, 0.2) is 9.84 Å². The van der Waals surface area contributed by atoms with Gasteiger partial charge in [0, 0.05) is 50.1 Å². The number of rotatable bonds is 7. The Kier molecular flexibility index (Phi) is 4.99. The van der Waals surface area contributed by atoms with Crippen LogP contribution in [-0.4, -0.2) is 63.5 Å². The summed E-state index contributed by atoms with van der Waals surface area (Å²) in [6.07, 6.45) is 8.19. The molecule has 0 amide bonds. The topological polar surface area (TPSA) is 108 Å². The minimum Gasteiger partial charge on any atom is -0.346 e. The van der Waals surface area contributed by atoms with E-state index >= 15 is 0 Å². The van der Waals surface area contributed by atoms with Crippen LogP contribution in [0.15, 0.2) is 18.5 Å². The highest BCUT2D eigenvalue weighted by atomic mass is 32.2. The molecule has 9 heteroatoms. The molecule has 0 aromatic carbocycles. The first-order valence-electron chi connectivity index (χ1n) is 10.7. The molecule has 2 aliphatic rings. The van der Waals surface area contributed by atoms with Crippen molar-refractivity contribution in [2.45, 2.75) is 49.8 Å². The number of nitrogens with zero attached hydrogens (tertiary/aromatic N) is 5. The molecule has 0 atom stereocenters. The number of piperidine rings is 1. The van der Waals surface area contributed by atoms with Gasteiger partial charge >= 0.3 is 0 Å². The number of fused-ring (bicyclic) bond motifs is 3. The van der Waals surface area contributed by atoms with E-state index < -0.39 is 9.84 Å². The van der Waals surface area contributed by atoms with Crippen LogP contribution in [0.2, 0.25) is 0 Å². The van der Waals surface area contributed by atoms with E-state index in [-0.39, 0.29) is 17.0 Å². The third-order valence-corrected chi connectivity index (χ3v) is 8.67. The number of aromatic nitrogens is 4. The minimum atomic E-state index is -3.03. The first-order valence-corrected chi connectivity index (χ1v) is 12.4. The number of hydrogen-bond donors (Lipinski definition) is 1. The summed E-state index contributed by atoms with van der Waals surface area (Å²) >= 11 is 0. The first kappa shape index (κ1) is 19.5. The van der Waals surface area contributed by atoms with E-state index in [1.54, 1.807) is 6.20 Å². The van der Waals surface area contributed by atoms with Crippen molar-refractivity contribution in [2.24, 2.45) is 0 Å². The predicted molar refractivity (Wildman–Crippen MR) is 115 cm³/mol. The Morgan fingerprint density at radius 2 is 2.03 bits per heavy atom. The fourth-order valence-electron chi connectivity index (χ4n) is 4.65. The van der Waals surface area contributed by atoms with E-state index in [4.69, 9.17) is 10.2 Å². The van der Waals surface area contributed by atoms with Gasteiger partial charge in [-0.1, -0.05) is 0 Å². The Labute approximate surface area is 175 Å². The number of imidazole rings is 1. The molecule has 3 aromatic rings. The smallest absolute Gasteiger partial charge is 0.153 e. The summed E-state index contributed by atoms with van der Waals surface area (Å²) < 4.78 is 27.3. The normalized spacial score (nSPS) is 18.9. The maximum atomic E-state index is 12.5. The summed E-state index contributed by atoms with van der Waals surface area (Å²) in [6, 6.07) is 4.52. The van der Waals surface area contributed by atoms with Crippen LogP contribution in [0.25, 0.3) is 22.1 Å². The highest BCUT2D eigenvalue weighted by molar-refractivity contribution is 7.92. The lowest BCUT2D eigenvalue weighted by Gasteiger charge is -2.33. The second kappa shape index (κ2) is 7.67. The van der Waals surface area contributed by atoms with Gasteiger partial charge in [-0.2, -0.15) is 5.26 Å². The summed E-state index contributed by atoms with van der Waals surface area (Å²) in [4.78, 5) is 14.8. The quantitative estimate of drug-likeness (QED) is 0.622. The van der Waals surface area contributed by atoms with Crippen LogP contribution in [0, 0.1) is 11.3 Å². The van der Waals surface area contributed by atoms with Crippen molar-refractivity contribution in [3.05, 3.63) is 24.3 Å². The zero-order chi connectivity index (χ0) is 20.7. The monoisotopic (exact) mass is 426 g/mol. The van der Waals surface area contributed by atoms with Crippen LogP contribution in [0.1, 0.15) is 44.0 Å². The number of H-pyrrole nitrogens is 1. The molecule has 2 fully saturated rings. The third-order valence-electron chi connectivity index (χ3n) is 6.41. The molecule has 4 heterocycles. The van der Waals surface area contributed by atoms with Crippen molar-refractivity contribution in [2.75, 3.05) is 25.4 Å². The number of aromatic amines is 1. The van der Waals surface area contributed by atoms with Crippen molar-refractivity contribution in [1.29, 1.82) is 5.26 Å². The zero-order valence-corrected chi connectivity index (χ0v) is 17.7. The van der Waals surface area contributed by atoms with Gasteiger partial charge in [0.25, 0.3) is 0 Å². The van der Waals surface area contributed by atoms with Crippen LogP contribution in [0.4, 0.5) is 0 Å². The largest absolute Gasteiger partial charge is 0.346 e. The second-order valence-electron chi connectivity index (χ2n) is 8.43. The van der Waals surface area contributed by atoms with Crippen LogP contribution >= 0.6 is 0 Å². The zero-order valence-electron chi connectivity index (χ0n) is 16.9. The molecule has 5 rings (SSSR count). The molecule has 0 spiro atoms. The summed E-state index contributed by atoms with van der Waals surface area (Å²) in [7, 11) is -3.03. The molecule has 0 unspecified atom stereocenters. The SMILES string of the molecule is N#CCCN1CCC(n2c(CCS(=O)(=O)C3CC3)nc3cnc4[nH]ccc4c32)CC1. The fourth-order valence-corrected chi connectivity index (χ4v) is 6.30. The molecule has 1 aliphatic heterocycles. The van der Waals surface area contributed by atoms with Crippen LogP contribution in [0.5, 0.6) is 0 Å². The van der Waals surface area contributed by atoms with Gasteiger partial charge in [0.2, 0.25) is 0 Å². The molecule has 0 bridgehead atoms. The van der Waals surface area contributed by atoms with Gasteiger partial charge in [-0.15, -0.1) is 0 Å². The number of sulfone groups is 1. The van der Waals surface area contributed by atoms with E-state index in [1.807, 2.05) is 12.3 Å². The molecular formula is C21H26N6O2S. The average molecular weight is 427 g/mol. The van der Waals surface area contributed by atoms with Crippen molar-refractivity contribution in [3.8, 4) is 6.07 Å². The molecule has 1 aliphatic carbocycles. The van der Waals surface area contributed by atoms with Crippen LogP contribution in [0.3, 0.4) is 0 Å². The Balaban J connectivity index is 1.49. The summed E-state index contributed by atoms with van der Waals surface area (Å²) in [5.41, 5.74) is 2.70. The Morgan fingerprint density at radius 3 is 2.77 bits per heavy atom. The number of pyridine rings is 1. The second-order valence-corrected chi connectivity index (χ2v) is 10.8. The molecular weight excluding hydrogens is 400 g/mol. The van der Waals surface area contributed by atoms with Crippen molar-refractivity contribution < 1.29 is 8.42 Å². The van der Waals surface area contributed by atoms with Gasteiger partial charge in [0.05, 0.1) is 28.8 Å². The first-order chi connectivity index (χ1) is 14.6. The Bertz CT molecular complexity index is 1210. The molecule has 3 aromatic heterocycles. The maximum Gasteiger partial charge on any atom is 0.153 e. The lowest BCUT2D eigenvalue weighted by Crippen LogP contribution is -2.35. The fraction of sp³-hybridized carbons (Fsp3) is 0.571. The van der Waals surface area contributed by atoms with Gasteiger partial charge in [-0.3, -0.25) is 0 Å². The third kappa shape index (κ3) is 3.59. The van der Waals surface area contributed by atoms with Gasteiger partial charge in [-0.25, -0.2) is 18.4 Å². The predicted octanol–water partition coefficient (Wildman–Crippen LogP) is 2.58. The van der Waals surface area contributed by atoms with E-state index in [1.165, 1.54) is 0 Å². The molecule has 1 N–H and O–H groups in total. The number of nitrogens with one attached hydrogen (secondary N) is 1. The van der Waals surface area contributed by atoms with Crippen molar-refractivity contribution in [1.82, 2.24) is 24.4 Å². The Morgan fingerprint density at radius 1 is 1.23 bits per heavy atom. The molecule has 158 valence electrons. The van der Waals surface area contributed by atoms with E-state index in [9.17, 15) is 8.42 Å². The number of hydrogen-bond acceptors (Lipinski definition) is 6. The minimum absolute atomic E-state index is 0.142. The van der Waals surface area contributed by atoms with E-state index in [0.29, 0.717) is 12.8 Å². The van der Waals surface area contributed by atoms with Crippen LogP contribution < -0.4 is 0 Å². The lowest BCUT2D eigenvalue weighted by atomic mass is 10.0. The number of aryl methyl sites for hydroxylation is 1.